The van der Waals surface area contributed by atoms with E-state index >= 15 is 0 Å². The molecule has 31 heavy (non-hydrogen) atoms. The molecule has 0 heterocycles. The lowest BCUT2D eigenvalue weighted by atomic mass is 10.2. The molecule has 0 saturated carbocycles. The Morgan fingerprint density at radius 1 is 1.03 bits per heavy atom. The van der Waals surface area contributed by atoms with Gasteiger partial charge in [0.1, 0.15) is 18.5 Å². The van der Waals surface area contributed by atoms with E-state index in [1.165, 1.54) is 36.4 Å². The van der Waals surface area contributed by atoms with Gasteiger partial charge >= 0.3 is 11.0 Å². The molecule has 1 unspecified atom stereocenters. The number of benzene rings is 2. The Morgan fingerprint density at radius 2 is 1.77 bits per heavy atom. The number of halogens is 6. The number of alkyl halides is 6. The van der Waals surface area contributed by atoms with E-state index in [2.05, 4.69) is 6.07 Å². The van der Waals surface area contributed by atoms with E-state index in [1.54, 1.807) is 18.2 Å². The molecule has 0 aliphatic rings. The van der Waals surface area contributed by atoms with Crippen LogP contribution in [0.3, 0.4) is 0 Å². The minimum Gasteiger partial charge on any atom is -0.489 e. The summed E-state index contributed by atoms with van der Waals surface area (Å²) in [7, 11) is 0. The fourth-order valence-corrected chi connectivity index (χ4v) is 3.57. The molecule has 0 bridgehead atoms. The summed E-state index contributed by atoms with van der Waals surface area (Å²) < 4.78 is 87.0. The van der Waals surface area contributed by atoms with Crippen LogP contribution in [0, 0.1) is 6.07 Å². The monoisotopic (exact) mass is 481 g/mol. The minimum atomic E-state index is -4.47. The normalized spacial score (nSPS) is 13.5. The van der Waals surface area contributed by atoms with Crippen LogP contribution >= 0.6 is 23.5 Å². The van der Waals surface area contributed by atoms with Crippen LogP contribution in [0.25, 0.3) is 6.08 Å². The molecule has 0 aliphatic carbocycles. The highest BCUT2D eigenvalue weighted by atomic mass is 32.2. The number of hydrogen-bond donors (Lipinski definition) is 0. The third kappa shape index (κ3) is 10.4. The molecule has 1 radical (unpaired) electrons. The Labute approximate surface area is 185 Å². The van der Waals surface area contributed by atoms with Gasteiger partial charge in [0.05, 0.1) is 4.90 Å². The maximum Gasteiger partial charge on any atom is 0.446 e. The molecule has 10 heteroatoms. The molecule has 2 aromatic rings. The van der Waals surface area contributed by atoms with Gasteiger partial charge in [-0.1, -0.05) is 43.3 Å². The van der Waals surface area contributed by atoms with Crippen LogP contribution in [0.2, 0.25) is 0 Å². The Morgan fingerprint density at radius 3 is 2.45 bits per heavy atom. The van der Waals surface area contributed by atoms with Gasteiger partial charge in [0.25, 0.3) is 0 Å². The molecule has 2 aromatic carbocycles. The predicted octanol–water partition coefficient (Wildman–Crippen LogP) is 7.60. The fraction of sp³-hybridized carbons (Fsp3) is 0.333. The van der Waals surface area contributed by atoms with Crippen molar-refractivity contribution in [2.24, 2.45) is 0 Å². The van der Waals surface area contributed by atoms with Crippen LogP contribution < -0.4 is 4.74 Å². The number of hydrogen-bond acceptors (Lipinski definition) is 4. The van der Waals surface area contributed by atoms with Crippen LogP contribution in [0.15, 0.2) is 58.3 Å². The van der Waals surface area contributed by atoms with Crippen LogP contribution in [-0.4, -0.2) is 30.3 Å². The summed E-state index contributed by atoms with van der Waals surface area (Å²) in [5.74, 6) is -0.0492. The van der Waals surface area contributed by atoms with Gasteiger partial charge in [-0.25, -0.2) is 0 Å². The lowest BCUT2D eigenvalue weighted by Gasteiger charge is -2.17. The second-order valence-corrected chi connectivity index (χ2v) is 8.36. The predicted molar refractivity (Wildman–Crippen MR) is 110 cm³/mol. The Kier molecular flexibility index (Phi) is 9.64. The van der Waals surface area contributed by atoms with Gasteiger partial charge in [-0.15, -0.1) is 0 Å². The molecule has 2 rings (SSSR count). The van der Waals surface area contributed by atoms with Crippen molar-refractivity contribution in [1.82, 2.24) is 0 Å². The summed E-state index contributed by atoms with van der Waals surface area (Å²) in [5, 5.41) is 0. The van der Waals surface area contributed by atoms with Crippen LogP contribution in [0.5, 0.6) is 5.75 Å². The van der Waals surface area contributed by atoms with Gasteiger partial charge in [0.15, 0.2) is 0 Å². The Balaban J connectivity index is 2.09. The molecule has 2 nitrogen and oxygen atoms in total. The van der Waals surface area contributed by atoms with Crippen molar-refractivity contribution in [3.8, 4) is 5.75 Å². The number of thioether (sulfide) groups is 2. The summed E-state index contributed by atoms with van der Waals surface area (Å²) in [6.07, 6.45) is 3.28. The molecule has 0 spiro atoms. The van der Waals surface area contributed by atoms with E-state index in [0.29, 0.717) is 18.6 Å². The molecule has 0 fully saturated rings. The van der Waals surface area contributed by atoms with Crippen LogP contribution in [0.1, 0.15) is 18.9 Å². The average molecular weight is 482 g/mol. The van der Waals surface area contributed by atoms with E-state index in [9.17, 15) is 26.3 Å². The molecule has 0 aliphatic heterocycles. The van der Waals surface area contributed by atoms with E-state index in [1.807, 2.05) is 6.92 Å². The third-order valence-electron chi connectivity index (χ3n) is 3.53. The van der Waals surface area contributed by atoms with E-state index in [0.717, 1.165) is 0 Å². The Hall–Kier alpha value is -1.78. The molecule has 169 valence electrons. The van der Waals surface area contributed by atoms with Crippen molar-refractivity contribution in [3.05, 3.63) is 60.2 Å². The summed E-state index contributed by atoms with van der Waals surface area (Å²) in [5.41, 5.74) is -8.33. The van der Waals surface area contributed by atoms with E-state index in [-0.39, 0.29) is 45.7 Å². The van der Waals surface area contributed by atoms with Crippen LogP contribution in [-0.2, 0) is 4.74 Å². The first-order chi connectivity index (χ1) is 14.6. The summed E-state index contributed by atoms with van der Waals surface area (Å²) in [6, 6.07) is 12.7. The second kappa shape index (κ2) is 11.7. The minimum absolute atomic E-state index is 0.0460. The SMILES string of the molecule is CCCOC(C=Cc1cccc(SC(F)(F)F)c1)COc1[c]cccc1SC(F)(F)F. The average Bonchev–Trinajstić information content (AvgIpc) is 2.66. The van der Waals surface area contributed by atoms with Crippen molar-refractivity contribution in [3.63, 3.8) is 0 Å². The van der Waals surface area contributed by atoms with Crippen molar-refractivity contribution >= 4 is 29.6 Å². The zero-order chi connectivity index (χ0) is 22.9. The lowest BCUT2D eigenvalue weighted by Crippen LogP contribution is -2.20. The second-order valence-electron chi connectivity index (χ2n) is 6.11. The quantitative estimate of drug-likeness (QED) is 0.257. The number of para-hydroxylation sites is 1. The molecular formula is C21H19F6O2S2. The smallest absolute Gasteiger partial charge is 0.446 e. The Bertz CT molecular complexity index is 852. The maximum atomic E-state index is 12.7. The number of ether oxygens (including phenoxy) is 2. The van der Waals surface area contributed by atoms with Gasteiger partial charge < -0.3 is 9.47 Å². The summed E-state index contributed by atoms with van der Waals surface area (Å²) in [6.45, 7) is 2.19. The van der Waals surface area contributed by atoms with Crippen molar-refractivity contribution in [2.75, 3.05) is 13.2 Å². The topological polar surface area (TPSA) is 18.5 Å². The van der Waals surface area contributed by atoms with E-state index in [4.69, 9.17) is 9.47 Å². The maximum absolute atomic E-state index is 12.7. The van der Waals surface area contributed by atoms with Crippen molar-refractivity contribution in [2.45, 2.75) is 40.3 Å². The van der Waals surface area contributed by atoms with Gasteiger partial charge in [0, 0.05) is 17.6 Å². The van der Waals surface area contributed by atoms with Gasteiger partial charge in [-0.3, -0.25) is 0 Å². The molecule has 0 N–H and O–H groups in total. The lowest BCUT2D eigenvalue weighted by molar-refractivity contribution is -0.0337. The standard InChI is InChI=1S/C21H19F6O2S2/c1-2-12-28-16(11-10-15-6-5-7-17(13-15)30-20(22,23)24)14-29-18-8-3-4-9-19(18)31-21(25,26)27/h3-7,9-11,13,16H,2,12,14H2,1H3. The summed E-state index contributed by atoms with van der Waals surface area (Å²) in [4.78, 5) is -0.0743. The zero-order valence-corrected chi connectivity index (χ0v) is 17.9. The van der Waals surface area contributed by atoms with E-state index < -0.39 is 17.1 Å². The fourth-order valence-electron chi connectivity index (χ4n) is 2.35. The molecule has 0 amide bonds. The zero-order valence-electron chi connectivity index (χ0n) is 16.3. The highest BCUT2D eigenvalue weighted by Crippen LogP contribution is 2.41. The first kappa shape index (κ1) is 25.5. The largest absolute Gasteiger partial charge is 0.489 e. The first-order valence-electron chi connectivity index (χ1n) is 9.10. The highest BCUT2D eigenvalue weighted by Gasteiger charge is 2.31. The van der Waals surface area contributed by atoms with Gasteiger partial charge in [0.2, 0.25) is 0 Å². The molecule has 0 aromatic heterocycles. The van der Waals surface area contributed by atoms with Crippen molar-refractivity contribution in [1.29, 1.82) is 0 Å². The van der Waals surface area contributed by atoms with Gasteiger partial charge in [-0.2, -0.15) is 26.3 Å². The summed E-state index contributed by atoms with van der Waals surface area (Å²) >= 11 is -0.508. The molecule has 1 atom stereocenters. The van der Waals surface area contributed by atoms with Gasteiger partial charge in [-0.05, 0) is 53.7 Å². The first-order valence-corrected chi connectivity index (χ1v) is 10.7. The number of rotatable bonds is 10. The third-order valence-corrected chi connectivity index (χ3v) is 5.02. The molecule has 0 saturated heterocycles. The van der Waals surface area contributed by atoms with Crippen LogP contribution in [0.4, 0.5) is 26.3 Å². The molecular weight excluding hydrogens is 462 g/mol. The van der Waals surface area contributed by atoms with Crippen molar-refractivity contribution < 1.29 is 35.8 Å². The highest BCUT2D eigenvalue weighted by molar-refractivity contribution is 8.00.